The van der Waals surface area contributed by atoms with Crippen molar-refractivity contribution in [3.63, 3.8) is 0 Å². The molecule has 0 saturated carbocycles. The number of nitrogens with two attached hydrogens (primary N) is 1. The molecule has 0 radical (unpaired) electrons. The average Bonchev–Trinajstić information content (AvgIpc) is 2.87. The van der Waals surface area contributed by atoms with E-state index in [1.165, 1.54) is 12.8 Å². The van der Waals surface area contributed by atoms with Crippen LogP contribution in [0.4, 0.5) is 0 Å². The van der Waals surface area contributed by atoms with Gasteiger partial charge in [-0.3, -0.25) is 5.01 Å². The molecule has 2 atom stereocenters. The second-order valence-electron chi connectivity index (χ2n) is 4.28. The lowest BCUT2D eigenvalue weighted by Gasteiger charge is -2.23. The lowest BCUT2D eigenvalue weighted by Crippen LogP contribution is -2.46. The minimum atomic E-state index is 0.0318. The van der Waals surface area contributed by atoms with Gasteiger partial charge >= 0.3 is 0 Å². The van der Waals surface area contributed by atoms with Crippen molar-refractivity contribution in [2.45, 2.75) is 24.9 Å². The minimum absolute atomic E-state index is 0.0318. The van der Waals surface area contributed by atoms with Crippen LogP contribution in [0.15, 0.2) is 29.5 Å². The second-order valence-corrected chi connectivity index (χ2v) is 4.28. The molecule has 1 saturated heterocycles. The SMILES string of the molecule is NC1C(N2CCCC2)=NN2C=CC=CC12. The molecular weight excluding hydrogens is 188 g/mol. The normalized spacial score (nSPS) is 33.5. The van der Waals surface area contributed by atoms with Crippen LogP contribution < -0.4 is 5.73 Å². The molecule has 0 aromatic heterocycles. The van der Waals surface area contributed by atoms with Crippen molar-refractivity contribution in [3.8, 4) is 0 Å². The summed E-state index contributed by atoms with van der Waals surface area (Å²) in [7, 11) is 0. The number of likely N-dealkylation sites (tertiary alicyclic amines) is 1. The first-order valence-electron chi connectivity index (χ1n) is 5.58. The zero-order valence-corrected chi connectivity index (χ0v) is 8.71. The number of rotatable bonds is 0. The predicted molar refractivity (Wildman–Crippen MR) is 60.1 cm³/mol. The molecule has 4 nitrogen and oxygen atoms in total. The molecule has 2 N–H and O–H groups in total. The van der Waals surface area contributed by atoms with Gasteiger partial charge in [0.25, 0.3) is 0 Å². The molecule has 3 aliphatic rings. The molecule has 2 unspecified atom stereocenters. The van der Waals surface area contributed by atoms with E-state index in [2.05, 4.69) is 16.1 Å². The second kappa shape index (κ2) is 3.38. The lowest BCUT2D eigenvalue weighted by atomic mass is 10.1. The monoisotopic (exact) mass is 204 g/mol. The van der Waals surface area contributed by atoms with E-state index in [0.29, 0.717) is 0 Å². The predicted octanol–water partition coefficient (Wildman–Crippen LogP) is 0.491. The van der Waals surface area contributed by atoms with Crippen molar-refractivity contribution in [2.75, 3.05) is 13.1 Å². The number of hydrazone groups is 1. The van der Waals surface area contributed by atoms with E-state index in [1.54, 1.807) is 0 Å². The summed E-state index contributed by atoms with van der Waals surface area (Å²) in [5.74, 6) is 1.06. The molecule has 0 spiro atoms. The highest BCUT2D eigenvalue weighted by molar-refractivity contribution is 5.90. The van der Waals surface area contributed by atoms with Gasteiger partial charge in [-0.2, -0.15) is 5.10 Å². The van der Waals surface area contributed by atoms with Gasteiger partial charge < -0.3 is 10.6 Å². The molecule has 0 aliphatic carbocycles. The summed E-state index contributed by atoms with van der Waals surface area (Å²) in [5, 5.41) is 6.56. The molecule has 3 heterocycles. The zero-order valence-electron chi connectivity index (χ0n) is 8.71. The van der Waals surface area contributed by atoms with Gasteiger partial charge in [0.05, 0.1) is 12.1 Å². The van der Waals surface area contributed by atoms with Gasteiger partial charge in [-0.25, -0.2) is 0 Å². The summed E-state index contributed by atoms with van der Waals surface area (Å²) in [6, 6.07) is 0.259. The molecule has 4 heteroatoms. The fourth-order valence-corrected chi connectivity index (χ4v) is 2.45. The fraction of sp³-hybridized carbons (Fsp3) is 0.545. The molecule has 80 valence electrons. The number of hydrogen-bond acceptors (Lipinski definition) is 4. The molecular formula is C11H16N4. The lowest BCUT2D eigenvalue weighted by molar-refractivity contribution is 0.352. The quantitative estimate of drug-likeness (QED) is 0.624. The fourth-order valence-electron chi connectivity index (χ4n) is 2.45. The van der Waals surface area contributed by atoms with Gasteiger partial charge in [-0.05, 0) is 18.9 Å². The van der Waals surface area contributed by atoms with Crippen molar-refractivity contribution in [1.29, 1.82) is 0 Å². The molecule has 0 bridgehead atoms. The highest BCUT2D eigenvalue weighted by Gasteiger charge is 2.36. The minimum Gasteiger partial charge on any atom is -0.357 e. The first-order valence-corrected chi connectivity index (χ1v) is 5.58. The van der Waals surface area contributed by atoms with E-state index in [1.807, 2.05) is 23.4 Å². The molecule has 0 aromatic rings. The van der Waals surface area contributed by atoms with Crippen molar-refractivity contribution in [3.05, 3.63) is 24.4 Å². The largest absolute Gasteiger partial charge is 0.357 e. The van der Waals surface area contributed by atoms with Crippen LogP contribution in [0, 0.1) is 0 Å². The smallest absolute Gasteiger partial charge is 0.144 e. The van der Waals surface area contributed by atoms with E-state index in [9.17, 15) is 0 Å². The van der Waals surface area contributed by atoms with E-state index in [4.69, 9.17) is 5.73 Å². The number of hydrogen-bond donors (Lipinski definition) is 1. The van der Waals surface area contributed by atoms with Crippen LogP contribution in [0.2, 0.25) is 0 Å². The first-order chi connectivity index (χ1) is 7.36. The highest BCUT2D eigenvalue weighted by atomic mass is 15.5. The third-order valence-electron chi connectivity index (χ3n) is 3.28. The summed E-state index contributed by atoms with van der Waals surface area (Å²) in [5.41, 5.74) is 6.21. The number of nitrogens with zero attached hydrogens (tertiary/aromatic N) is 3. The Balaban J connectivity index is 1.84. The Bertz CT molecular complexity index is 338. The van der Waals surface area contributed by atoms with Crippen LogP contribution in [-0.4, -0.2) is 40.9 Å². The van der Waals surface area contributed by atoms with Crippen LogP contribution >= 0.6 is 0 Å². The number of amidine groups is 1. The molecule has 0 amide bonds. The van der Waals surface area contributed by atoms with Crippen LogP contribution in [-0.2, 0) is 0 Å². The standard InChI is InChI=1S/C11H16N4/c12-10-9-5-1-2-8-15(9)13-11(10)14-6-3-4-7-14/h1-2,5,8-10H,3-4,6-7,12H2. The van der Waals surface area contributed by atoms with Gasteiger partial charge in [0.15, 0.2) is 0 Å². The topological polar surface area (TPSA) is 44.9 Å². The Morgan fingerprint density at radius 3 is 2.80 bits per heavy atom. The molecule has 0 aromatic carbocycles. The highest BCUT2D eigenvalue weighted by Crippen LogP contribution is 2.23. The summed E-state index contributed by atoms with van der Waals surface area (Å²) < 4.78 is 0. The van der Waals surface area contributed by atoms with Gasteiger partial charge in [-0.15, -0.1) is 0 Å². The maximum atomic E-state index is 6.21. The Hall–Kier alpha value is -1.29. The van der Waals surface area contributed by atoms with Crippen LogP contribution in [0.25, 0.3) is 0 Å². The zero-order chi connectivity index (χ0) is 10.3. The first kappa shape index (κ1) is 8.97. The molecule has 15 heavy (non-hydrogen) atoms. The van der Waals surface area contributed by atoms with Crippen molar-refractivity contribution < 1.29 is 0 Å². The van der Waals surface area contributed by atoms with Crippen molar-refractivity contribution in [1.82, 2.24) is 9.91 Å². The summed E-state index contributed by atoms with van der Waals surface area (Å²) >= 11 is 0. The van der Waals surface area contributed by atoms with Crippen molar-refractivity contribution in [2.24, 2.45) is 10.8 Å². The maximum Gasteiger partial charge on any atom is 0.144 e. The molecule has 3 aliphatic heterocycles. The van der Waals surface area contributed by atoms with Gasteiger partial charge in [0.1, 0.15) is 5.84 Å². The number of fused-ring (bicyclic) bond motifs is 1. The van der Waals surface area contributed by atoms with Crippen molar-refractivity contribution >= 4 is 5.84 Å². The maximum absolute atomic E-state index is 6.21. The van der Waals surface area contributed by atoms with Crippen LogP contribution in [0.5, 0.6) is 0 Å². The van der Waals surface area contributed by atoms with E-state index in [0.717, 1.165) is 18.9 Å². The summed E-state index contributed by atoms with van der Waals surface area (Å²) in [6.07, 6.45) is 10.7. The van der Waals surface area contributed by atoms with E-state index in [-0.39, 0.29) is 12.1 Å². The van der Waals surface area contributed by atoms with Crippen LogP contribution in [0.1, 0.15) is 12.8 Å². The summed E-state index contributed by atoms with van der Waals surface area (Å²) in [4.78, 5) is 2.32. The third kappa shape index (κ3) is 1.36. The Kier molecular flexibility index (Phi) is 2.02. The molecule has 3 rings (SSSR count). The third-order valence-corrected chi connectivity index (χ3v) is 3.28. The number of allylic oxidation sites excluding steroid dienone is 2. The Labute approximate surface area is 89.7 Å². The van der Waals surface area contributed by atoms with E-state index >= 15 is 0 Å². The van der Waals surface area contributed by atoms with Gasteiger partial charge in [-0.1, -0.05) is 12.2 Å². The molecule has 1 fully saturated rings. The average molecular weight is 204 g/mol. The van der Waals surface area contributed by atoms with Crippen LogP contribution in [0.3, 0.4) is 0 Å². The Morgan fingerprint density at radius 1 is 1.27 bits per heavy atom. The van der Waals surface area contributed by atoms with E-state index < -0.39 is 0 Å². The Morgan fingerprint density at radius 2 is 2.07 bits per heavy atom. The summed E-state index contributed by atoms with van der Waals surface area (Å²) in [6.45, 7) is 2.22. The van der Waals surface area contributed by atoms with Gasteiger partial charge in [0, 0.05) is 19.3 Å². The van der Waals surface area contributed by atoms with Gasteiger partial charge in [0.2, 0.25) is 0 Å².